The van der Waals surface area contributed by atoms with E-state index in [2.05, 4.69) is 0 Å². The van der Waals surface area contributed by atoms with E-state index in [-0.39, 0.29) is 0 Å². The van der Waals surface area contributed by atoms with Crippen molar-refractivity contribution in [3.05, 3.63) is 0 Å². The summed E-state index contributed by atoms with van der Waals surface area (Å²) in [5.41, 5.74) is 0. The second kappa shape index (κ2) is 7.93. The van der Waals surface area contributed by atoms with Crippen LogP contribution in [0.5, 0.6) is 0 Å². The minimum atomic E-state index is -8.10. The van der Waals surface area contributed by atoms with E-state index in [0.717, 1.165) is 0 Å². The van der Waals surface area contributed by atoms with E-state index in [1.165, 1.54) is 5.32 Å². The van der Waals surface area contributed by atoms with E-state index in [4.69, 9.17) is 15.3 Å². The first-order valence-electron chi connectivity index (χ1n) is 6.75. The molecule has 0 spiro atoms. The van der Waals surface area contributed by atoms with Gasteiger partial charge in [0.25, 0.3) is 0 Å². The van der Waals surface area contributed by atoms with Crippen LogP contribution in [-0.2, 0) is 4.79 Å². The molecular weight excluding hydrogens is 457 g/mol. The largest absolute Gasteiger partial charge is 0.480 e. The van der Waals surface area contributed by atoms with Crippen LogP contribution in [0, 0.1) is 0 Å². The zero-order valence-corrected chi connectivity index (χ0v) is 13.2. The van der Waals surface area contributed by atoms with Gasteiger partial charge in [-0.2, -0.15) is 57.1 Å². The van der Waals surface area contributed by atoms with Crippen LogP contribution in [0.25, 0.3) is 0 Å². The molecule has 0 bridgehead atoms. The molecule has 0 saturated carbocycles. The summed E-state index contributed by atoms with van der Waals surface area (Å²) in [7, 11) is 0. The maximum Gasteiger partial charge on any atom is 0.460 e. The molecule has 18 heteroatoms. The van der Waals surface area contributed by atoms with Crippen LogP contribution in [0.1, 0.15) is 0 Å². The van der Waals surface area contributed by atoms with E-state index in [0.29, 0.717) is 0 Å². The number of aliphatic hydroxyl groups is 2. The van der Waals surface area contributed by atoms with Crippen LogP contribution in [0.4, 0.5) is 57.1 Å². The van der Waals surface area contributed by atoms with Crippen molar-refractivity contribution in [1.82, 2.24) is 5.32 Å². The Morgan fingerprint density at radius 2 is 1.14 bits per heavy atom. The van der Waals surface area contributed by atoms with Crippen LogP contribution < -0.4 is 5.32 Å². The van der Waals surface area contributed by atoms with E-state index in [9.17, 15) is 61.9 Å². The molecule has 0 radical (unpaired) electrons. The lowest BCUT2D eigenvalue weighted by Crippen LogP contribution is -2.72. The highest BCUT2D eigenvalue weighted by atomic mass is 19.4. The fourth-order valence-corrected chi connectivity index (χ4v) is 1.60. The van der Waals surface area contributed by atoms with Gasteiger partial charge in [-0.25, -0.2) is 0 Å². The van der Waals surface area contributed by atoms with Crippen molar-refractivity contribution in [1.29, 1.82) is 0 Å². The van der Waals surface area contributed by atoms with Crippen LogP contribution in [0.2, 0.25) is 0 Å². The molecule has 0 aromatic carbocycles. The van der Waals surface area contributed by atoms with Gasteiger partial charge in [0.2, 0.25) is 0 Å². The molecule has 0 heterocycles. The highest BCUT2D eigenvalue weighted by Gasteiger charge is 2.91. The number of aliphatic carboxylic acids is 1. The molecule has 174 valence electrons. The number of alkyl halides is 13. The number of rotatable bonds is 10. The van der Waals surface area contributed by atoms with Gasteiger partial charge in [-0.1, -0.05) is 0 Å². The minimum Gasteiger partial charge on any atom is -0.480 e. The average Bonchev–Trinajstić information content (AvgIpc) is 2.52. The van der Waals surface area contributed by atoms with E-state index in [1.54, 1.807) is 0 Å². The third-order valence-corrected chi connectivity index (χ3v) is 3.41. The summed E-state index contributed by atoms with van der Waals surface area (Å²) < 4.78 is 167. The molecule has 0 saturated heterocycles. The standard InChI is InChI=1S/C11H10F13NO4/c12-6(13,4(27)1-25-3(2-26)5(28)29)7(14,15)8(16,17)9(18,19)10(20,21)11(22,23)24/h3-4,25-27H,1-2H2,(H,28,29)/t3-,4+/m0/s1. The monoisotopic (exact) mass is 467 g/mol. The summed E-state index contributed by atoms with van der Waals surface area (Å²) >= 11 is 0. The molecule has 0 aromatic rings. The summed E-state index contributed by atoms with van der Waals surface area (Å²) in [6.45, 7) is -3.55. The minimum absolute atomic E-state index is 1.22. The Morgan fingerprint density at radius 1 is 0.759 bits per heavy atom. The molecule has 0 unspecified atom stereocenters. The van der Waals surface area contributed by atoms with Gasteiger partial charge in [0.1, 0.15) is 12.1 Å². The second-order valence-electron chi connectivity index (χ2n) is 5.42. The fraction of sp³-hybridized carbons (Fsp3) is 0.909. The third-order valence-electron chi connectivity index (χ3n) is 3.41. The Balaban J connectivity index is 6.00. The van der Waals surface area contributed by atoms with Crippen molar-refractivity contribution < 1.29 is 77.2 Å². The number of nitrogens with one attached hydrogen (secondary N) is 1. The Bertz CT molecular complexity index is 592. The Morgan fingerprint density at radius 3 is 1.45 bits per heavy atom. The van der Waals surface area contributed by atoms with Gasteiger partial charge in [0.05, 0.1) is 6.61 Å². The van der Waals surface area contributed by atoms with Gasteiger partial charge >= 0.3 is 41.8 Å². The zero-order chi connectivity index (χ0) is 23.9. The first-order chi connectivity index (χ1) is 12.5. The molecule has 0 aromatic heterocycles. The van der Waals surface area contributed by atoms with Crippen molar-refractivity contribution >= 4 is 5.97 Å². The summed E-state index contributed by atoms with van der Waals surface area (Å²) in [5, 5.41) is 27.0. The number of carboxylic acids is 1. The molecule has 0 aliphatic heterocycles. The average molecular weight is 467 g/mol. The van der Waals surface area contributed by atoms with Crippen LogP contribution >= 0.6 is 0 Å². The number of hydrogen-bond donors (Lipinski definition) is 4. The Kier molecular flexibility index (Phi) is 7.51. The number of hydrogen-bond acceptors (Lipinski definition) is 4. The lowest BCUT2D eigenvalue weighted by Gasteiger charge is -2.40. The van der Waals surface area contributed by atoms with E-state index >= 15 is 0 Å². The SMILES string of the molecule is O=C(O)[C@H](CO)NC[C@@H](O)C(F)(F)C(F)(F)C(F)(F)C(F)(F)C(F)(F)C(F)(F)F. The quantitative estimate of drug-likeness (QED) is 0.370. The summed E-state index contributed by atoms with van der Waals surface area (Å²) in [5.74, 6) is -40.6. The maximum atomic E-state index is 13.5. The third kappa shape index (κ3) is 4.32. The van der Waals surface area contributed by atoms with Crippen molar-refractivity contribution in [2.45, 2.75) is 47.9 Å². The number of carbonyl (C=O) groups is 1. The zero-order valence-electron chi connectivity index (χ0n) is 13.2. The predicted octanol–water partition coefficient (Wildman–Crippen LogP) is 2.12. The van der Waals surface area contributed by atoms with Crippen LogP contribution in [0.3, 0.4) is 0 Å². The van der Waals surface area contributed by atoms with Crippen LogP contribution in [-0.4, -0.2) is 82.4 Å². The summed E-state index contributed by atoms with van der Waals surface area (Å²) in [6.07, 6.45) is -11.8. The van der Waals surface area contributed by atoms with Crippen LogP contribution in [0.15, 0.2) is 0 Å². The highest BCUT2D eigenvalue weighted by Crippen LogP contribution is 2.60. The van der Waals surface area contributed by atoms with Gasteiger partial charge in [-0.3, -0.25) is 10.1 Å². The van der Waals surface area contributed by atoms with Gasteiger partial charge in [0.15, 0.2) is 0 Å². The number of halogens is 13. The number of aliphatic hydroxyl groups excluding tert-OH is 2. The van der Waals surface area contributed by atoms with E-state index in [1.807, 2.05) is 0 Å². The molecule has 0 rings (SSSR count). The van der Waals surface area contributed by atoms with Crippen molar-refractivity contribution in [2.75, 3.05) is 13.2 Å². The molecule has 0 aliphatic carbocycles. The van der Waals surface area contributed by atoms with Gasteiger partial charge < -0.3 is 15.3 Å². The summed E-state index contributed by atoms with van der Waals surface area (Å²) in [6, 6.07) is -2.26. The van der Waals surface area contributed by atoms with Gasteiger partial charge in [-0.15, -0.1) is 0 Å². The molecule has 0 fully saturated rings. The first-order valence-corrected chi connectivity index (χ1v) is 6.75. The van der Waals surface area contributed by atoms with Crippen molar-refractivity contribution in [3.8, 4) is 0 Å². The molecule has 4 N–H and O–H groups in total. The molecular formula is C11H10F13NO4. The van der Waals surface area contributed by atoms with Gasteiger partial charge in [0, 0.05) is 6.54 Å². The molecule has 0 aliphatic rings. The van der Waals surface area contributed by atoms with Gasteiger partial charge in [-0.05, 0) is 0 Å². The second-order valence-corrected chi connectivity index (χ2v) is 5.42. The fourth-order valence-electron chi connectivity index (χ4n) is 1.60. The Hall–Kier alpha value is -1.56. The highest BCUT2D eigenvalue weighted by molar-refractivity contribution is 5.73. The normalized spacial score (nSPS) is 17.2. The summed E-state index contributed by atoms with van der Waals surface area (Å²) in [4.78, 5) is 10.4. The lowest BCUT2D eigenvalue weighted by molar-refractivity contribution is -0.444. The Labute approximate surface area is 151 Å². The van der Waals surface area contributed by atoms with Crippen molar-refractivity contribution in [3.63, 3.8) is 0 Å². The van der Waals surface area contributed by atoms with Crippen molar-refractivity contribution in [2.24, 2.45) is 0 Å². The smallest absolute Gasteiger partial charge is 0.460 e. The lowest BCUT2D eigenvalue weighted by atomic mass is 9.91. The molecule has 0 amide bonds. The van der Waals surface area contributed by atoms with E-state index < -0.39 is 67.1 Å². The molecule has 5 nitrogen and oxygen atoms in total. The number of carboxylic acid groups (broad SMARTS) is 1. The topological polar surface area (TPSA) is 89.8 Å². The molecule has 29 heavy (non-hydrogen) atoms. The molecule has 2 atom stereocenters. The predicted molar refractivity (Wildman–Crippen MR) is 63.3 cm³/mol. The maximum absolute atomic E-state index is 13.5. The first kappa shape index (κ1) is 27.4.